The zero-order valence-electron chi connectivity index (χ0n) is 10.0. The van der Waals surface area contributed by atoms with Crippen LogP contribution in [0.15, 0.2) is 0 Å². The summed E-state index contributed by atoms with van der Waals surface area (Å²) in [5.41, 5.74) is 6.16. The van der Waals surface area contributed by atoms with Crippen LogP contribution in [0.25, 0.3) is 0 Å². The Morgan fingerprint density at radius 1 is 1.47 bits per heavy atom. The van der Waals surface area contributed by atoms with Crippen LogP contribution in [0.1, 0.15) is 39.5 Å². The van der Waals surface area contributed by atoms with Crippen molar-refractivity contribution in [2.24, 2.45) is 5.73 Å². The van der Waals surface area contributed by atoms with Crippen LogP contribution in [0.4, 0.5) is 0 Å². The molecule has 2 fully saturated rings. The first-order valence-electron chi connectivity index (χ1n) is 6.30. The third kappa shape index (κ3) is 1.81. The number of likely N-dealkylation sites (tertiary alicyclic amines) is 1. The van der Waals surface area contributed by atoms with Gasteiger partial charge < -0.3 is 10.5 Å². The van der Waals surface area contributed by atoms with Crippen LogP contribution < -0.4 is 5.73 Å². The molecule has 0 aromatic heterocycles. The van der Waals surface area contributed by atoms with Crippen molar-refractivity contribution < 1.29 is 4.74 Å². The quantitative estimate of drug-likeness (QED) is 0.768. The van der Waals surface area contributed by atoms with Gasteiger partial charge in [-0.1, -0.05) is 6.92 Å². The Bertz CT molecular complexity index is 214. The van der Waals surface area contributed by atoms with Crippen molar-refractivity contribution in [3.8, 4) is 0 Å². The molecule has 2 N–H and O–H groups in total. The van der Waals surface area contributed by atoms with Crippen molar-refractivity contribution in [1.29, 1.82) is 0 Å². The fourth-order valence-corrected chi connectivity index (χ4v) is 3.39. The molecular formula is C12H24N2O. The van der Waals surface area contributed by atoms with E-state index in [1.165, 1.54) is 19.3 Å². The molecule has 0 aliphatic carbocycles. The highest BCUT2D eigenvalue weighted by Crippen LogP contribution is 2.37. The molecule has 0 saturated carbocycles. The number of nitrogens with zero attached hydrogens (tertiary/aromatic N) is 1. The maximum atomic E-state index is 6.01. The Kier molecular flexibility index (Phi) is 3.33. The van der Waals surface area contributed by atoms with Crippen LogP contribution in [-0.4, -0.2) is 42.3 Å². The summed E-state index contributed by atoms with van der Waals surface area (Å²) >= 11 is 0. The van der Waals surface area contributed by atoms with Crippen LogP contribution in [0.3, 0.4) is 0 Å². The van der Waals surface area contributed by atoms with Crippen LogP contribution in [0, 0.1) is 0 Å². The molecule has 3 unspecified atom stereocenters. The maximum Gasteiger partial charge on any atom is 0.0663 e. The maximum absolute atomic E-state index is 6.01. The van der Waals surface area contributed by atoms with Gasteiger partial charge in [0.25, 0.3) is 0 Å². The van der Waals surface area contributed by atoms with Gasteiger partial charge in [-0.05, 0) is 32.6 Å². The van der Waals surface area contributed by atoms with Gasteiger partial charge in [-0.2, -0.15) is 0 Å². The molecule has 0 spiro atoms. The molecule has 2 heterocycles. The Morgan fingerprint density at radius 2 is 2.27 bits per heavy atom. The number of hydrogen-bond donors (Lipinski definition) is 1. The molecule has 3 heteroatoms. The zero-order valence-corrected chi connectivity index (χ0v) is 10.0. The standard InChI is InChI=1S/C12H24N2O/c1-3-11-5-4-10(2)14(11)12(8-13)6-7-15-9-12/h10-11H,3-9,13H2,1-2H3. The van der Waals surface area contributed by atoms with Crippen LogP contribution >= 0.6 is 0 Å². The van der Waals surface area contributed by atoms with Crippen molar-refractivity contribution in [3.05, 3.63) is 0 Å². The summed E-state index contributed by atoms with van der Waals surface area (Å²) in [4.78, 5) is 2.67. The van der Waals surface area contributed by atoms with Gasteiger partial charge >= 0.3 is 0 Å². The Morgan fingerprint density at radius 3 is 2.80 bits per heavy atom. The van der Waals surface area contributed by atoms with Gasteiger partial charge in [0, 0.05) is 25.2 Å². The number of ether oxygens (including phenoxy) is 1. The van der Waals surface area contributed by atoms with E-state index in [9.17, 15) is 0 Å². The number of nitrogens with two attached hydrogens (primary N) is 1. The van der Waals surface area contributed by atoms with Gasteiger partial charge in [0.1, 0.15) is 0 Å². The summed E-state index contributed by atoms with van der Waals surface area (Å²) in [6.45, 7) is 7.09. The molecule has 2 aliphatic rings. The number of hydrogen-bond acceptors (Lipinski definition) is 3. The first-order valence-corrected chi connectivity index (χ1v) is 6.30. The zero-order chi connectivity index (χ0) is 10.9. The molecule has 2 saturated heterocycles. The average molecular weight is 212 g/mol. The number of rotatable bonds is 3. The smallest absolute Gasteiger partial charge is 0.0663 e. The van der Waals surface area contributed by atoms with Crippen LogP contribution in [-0.2, 0) is 4.74 Å². The Labute approximate surface area is 93.0 Å². The second-order valence-corrected chi connectivity index (χ2v) is 5.13. The minimum absolute atomic E-state index is 0.149. The highest BCUT2D eigenvalue weighted by Gasteiger charge is 2.46. The lowest BCUT2D eigenvalue weighted by Crippen LogP contribution is -2.58. The van der Waals surface area contributed by atoms with Gasteiger partial charge in [0.2, 0.25) is 0 Å². The Balaban J connectivity index is 2.18. The molecule has 3 atom stereocenters. The lowest BCUT2D eigenvalue weighted by atomic mass is 9.93. The van der Waals surface area contributed by atoms with Crippen LogP contribution in [0.2, 0.25) is 0 Å². The molecule has 2 aliphatic heterocycles. The van der Waals surface area contributed by atoms with Crippen molar-refractivity contribution in [2.45, 2.75) is 57.2 Å². The predicted molar refractivity (Wildman–Crippen MR) is 61.8 cm³/mol. The molecule has 0 radical (unpaired) electrons. The Hall–Kier alpha value is -0.120. The summed E-state index contributed by atoms with van der Waals surface area (Å²) < 4.78 is 5.58. The van der Waals surface area contributed by atoms with E-state index in [2.05, 4.69) is 18.7 Å². The average Bonchev–Trinajstić information content (AvgIpc) is 2.84. The summed E-state index contributed by atoms with van der Waals surface area (Å²) in [6, 6.07) is 1.41. The van der Waals surface area contributed by atoms with Gasteiger partial charge in [0.05, 0.1) is 12.1 Å². The normalized spacial score (nSPS) is 42.6. The summed E-state index contributed by atoms with van der Waals surface area (Å²) in [5, 5.41) is 0. The minimum Gasteiger partial charge on any atom is -0.379 e. The van der Waals surface area contributed by atoms with Crippen molar-refractivity contribution >= 4 is 0 Å². The molecule has 0 bridgehead atoms. The molecule has 15 heavy (non-hydrogen) atoms. The minimum atomic E-state index is 0.149. The van der Waals surface area contributed by atoms with E-state index in [1.807, 2.05) is 0 Å². The van der Waals surface area contributed by atoms with E-state index in [-0.39, 0.29) is 5.54 Å². The molecule has 0 aromatic rings. The van der Waals surface area contributed by atoms with Gasteiger partial charge in [-0.25, -0.2) is 0 Å². The SMILES string of the molecule is CCC1CCC(C)N1C1(CN)CCOC1. The molecule has 88 valence electrons. The lowest BCUT2D eigenvalue weighted by Gasteiger charge is -2.43. The topological polar surface area (TPSA) is 38.5 Å². The summed E-state index contributed by atoms with van der Waals surface area (Å²) in [5.74, 6) is 0. The van der Waals surface area contributed by atoms with E-state index in [0.717, 1.165) is 32.2 Å². The largest absolute Gasteiger partial charge is 0.379 e. The third-order valence-electron chi connectivity index (χ3n) is 4.27. The molecule has 2 rings (SSSR count). The second kappa shape index (κ2) is 4.40. The van der Waals surface area contributed by atoms with E-state index < -0.39 is 0 Å². The van der Waals surface area contributed by atoms with E-state index in [1.54, 1.807) is 0 Å². The van der Waals surface area contributed by atoms with Gasteiger partial charge in [-0.3, -0.25) is 4.90 Å². The van der Waals surface area contributed by atoms with Gasteiger partial charge in [0.15, 0.2) is 0 Å². The first kappa shape index (κ1) is 11.4. The first-order chi connectivity index (χ1) is 7.23. The molecule has 0 aromatic carbocycles. The predicted octanol–water partition coefficient (Wildman–Crippen LogP) is 1.37. The highest BCUT2D eigenvalue weighted by atomic mass is 16.5. The van der Waals surface area contributed by atoms with Crippen molar-refractivity contribution in [3.63, 3.8) is 0 Å². The lowest BCUT2D eigenvalue weighted by molar-refractivity contribution is 0.0338. The fourth-order valence-electron chi connectivity index (χ4n) is 3.39. The monoisotopic (exact) mass is 212 g/mol. The van der Waals surface area contributed by atoms with Gasteiger partial charge in [-0.15, -0.1) is 0 Å². The second-order valence-electron chi connectivity index (χ2n) is 5.13. The fraction of sp³-hybridized carbons (Fsp3) is 1.00. The molecule has 3 nitrogen and oxygen atoms in total. The molecule has 0 amide bonds. The van der Waals surface area contributed by atoms with E-state index in [0.29, 0.717) is 6.04 Å². The van der Waals surface area contributed by atoms with Crippen LogP contribution in [0.5, 0.6) is 0 Å². The summed E-state index contributed by atoms with van der Waals surface area (Å²) in [6.07, 6.45) is 5.01. The van der Waals surface area contributed by atoms with E-state index >= 15 is 0 Å². The van der Waals surface area contributed by atoms with E-state index in [4.69, 9.17) is 10.5 Å². The summed E-state index contributed by atoms with van der Waals surface area (Å²) in [7, 11) is 0. The highest BCUT2D eigenvalue weighted by molar-refractivity contribution is 5.02. The third-order valence-corrected chi connectivity index (χ3v) is 4.27. The van der Waals surface area contributed by atoms with Crippen molar-refractivity contribution in [1.82, 2.24) is 4.90 Å². The molecular weight excluding hydrogens is 188 g/mol. The van der Waals surface area contributed by atoms with Crippen molar-refractivity contribution in [2.75, 3.05) is 19.8 Å².